The maximum atomic E-state index is 5.80. The SMILES string of the molecule is c1ccc(CN2CCC(Oc3ncccn3)CC2)cc1. The summed E-state index contributed by atoms with van der Waals surface area (Å²) in [5.41, 5.74) is 1.37. The van der Waals surface area contributed by atoms with E-state index in [2.05, 4.69) is 45.2 Å². The number of hydrogen-bond donors (Lipinski definition) is 0. The summed E-state index contributed by atoms with van der Waals surface area (Å²) in [5, 5.41) is 0. The van der Waals surface area contributed by atoms with Crippen molar-refractivity contribution in [3.63, 3.8) is 0 Å². The van der Waals surface area contributed by atoms with E-state index in [0.717, 1.165) is 32.5 Å². The van der Waals surface area contributed by atoms with Crippen LogP contribution in [0.2, 0.25) is 0 Å². The molecule has 0 radical (unpaired) electrons. The molecule has 1 aromatic heterocycles. The van der Waals surface area contributed by atoms with E-state index in [1.807, 2.05) is 0 Å². The highest BCUT2D eigenvalue weighted by molar-refractivity contribution is 5.14. The Bertz CT molecular complexity index is 460. The van der Waals surface area contributed by atoms with Crippen LogP contribution in [0, 0.1) is 0 Å². The highest BCUT2D eigenvalue weighted by atomic mass is 16.5. The zero-order valence-corrected chi connectivity index (χ0v) is 11.5. The van der Waals surface area contributed by atoms with Gasteiger partial charge in [0.1, 0.15) is 6.10 Å². The summed E-state index contributed by atoms with van der Waals surface area (Å²) in [4.78, 5) is 10.7. The van der Waals surface area contributed by atoms with Gasteiger partial charge in [-0.25, -0.2) is 9.97 Å². The van der Waals surface area contributed by atoms with Crippen LogP contribution in [0.1, 0.15) is 18.4 Å². The Morgan fingerprint density at radius 2 is 1.70 bits per heavy atom. The lowest BCUT2D eigenvalue weighted by atomic mass is 10.1. The molecule has 1 aliphatic rings. The Balaban J connectivity index is 1.47. The largest absolute Gasteiger partial charge is 0.460 e. The quantitative estimate of drug-likeness (QED) is 0.855. The van der Waals surface area contributed by atoms with Gasteiger partial charge in [-0.3, -0.25) is 4.90 Å². The van der Waals surface area contributed by atoms with Gasteiger partial charge in [0.05, 0.1) is 0 Å². The minimum absolute atomic E-state index is 0.240. The molecule has 0 aliphatic carbocycles. The highest BCUT2D eigenvalue weighted by Crippen LogP contribution is 2.17. The summed E-state index contributed by atoms with van der Waals surface area (Å²) in [6.45, 7) is 3.15. The predicted molar refractivity (Wildman–Crippen MR) is 77.4 cm³/mol. The molecular formula is C16H19N3O. The van der Waals surface area contributed by atoms with Crippen molar-refractivity contribution < 1.29 is 4.74 Å². The second-order valence-electron chi connectivity index (χ2n) is 5.11. The maximum Gasteiger partial charge on any atom is 0.316 e. The molecule has 0 bridgehead atoms. The van der Waals surface area contributed by atoms with Gasteiger partial charge in [0, 0.05) is 32.0 Å². The van der Waals surface area contributed by atoms with Crippen molar-refractivity contribution in [3.05, 3.63) is 54.4 Å². The molecule has 0 amide bonds. The summed E-state index contributed by atoms with van der Waals surface area (Å²) in [5.74, 6) is 0. The number of ether oxygens (including phenoxy) is 1. The van der Waals surface area contributed by atoms with Crippen molar-refractivity contribution in [3.8, 4) is 6.01 Å². The van der Waals surface area contributed by atoms with Gasteiger partial charge in [0.25, 0.3) is 0 Å². The van der Waals surface area contributed by atoms with Gasteiger partial charge in [0.15, 0.2) is 0 Å². The lowest BCUT2D eigenvalue weighted by molar-refractivity contribution is 0.0892. The molecule has 1 aliphatic heterocycles. The fraction of sp³-hybridized carbons (Fsp3) is 0.375. The van der Waals surface area contributed by atoms with Crippen LogP contribution in [-0.2, 0) is 6.54 Å². The van der Waals surface area contributed by atoms with Gasteiger partial charge in [-0.15, -0.1) is 0 Å². The minimum Gasteiger partial charge on any atom is -0.460 e. The van der Waals surface area contributed by atoms with Crippen LogP contribution in [-0.4, -0.2) is 34.1 Å². The molecule has 3 rings (SSSR count). The second-order valence-corrected chi connectivity index (χ2v) is 5.11. The van der Waals surface area contributed by atoms with Gasteiger partial charge in [-0.1, -0.05) is 30.3 Å². The summed E-state index contributed by atoms with van der Waals surface area (Å²) in [6.07, 6.45) is 5.74. The molecule has 2 heterocycles. The molecule has 0 atom stereocenters. The first kappa shape index (κ1) is 13.1. The van der Waals surface area contributed by atoms with Gasteiger partial charge in [-0.2, -0.15) is 0 Å². The Morgan fingerprint density at radius 3 is 2.40 bits per heavy atom. The Morgan fingerprint density at radius 1 is 1.00 bits per heavy atom. The van der Waals surface area contributed by atoms with Gasteiger partial charge < -0.3 is 4.74 Å². The minimum atomic E-state index is 0.240. The summed E-state index contributed by atoms with van der Waals surface area (Å²) >= 11 is 0. The van der Waals surface area contributed by atoms with Crippen molar-refractivity contribution in [2.45, 2.75) is 25.5 Å². The molecule has 0 unspecified atom stereocenters. The van der Waals surface area contributed by atoms with Gasteiger partial charge in [-0.05, 0) is 24.5 Å². The molecule has 1 saturated heterocycles. The molecule has 20 heavy (non-hydrogen) atoms. The first-order chi connectivity index (χ1) is 9.90. The van der Waals surface area contributed by atoms with Crippen molar-refractivity contribution in [2.24, 2.45) is 0 Å². The first-order valence-corrected chi connectivity index (χ1v) is 7.10. The van der Waals surface area contributed by atoms with Crippen LogP contribution in [0.3, 0.4) is 0 Å². The zero-order valence-electron chi connectivity index (χ0n) is 11.5. The average molecular weight is 269 g/mol. The van der Waals surface area contributed by atoms with E-state index >= 15 is 0 Å². The highest BCUT2D eigenvalue weighted by Gasteiger charge is 2.21. The summed E-state index contributed by atoms with van der Waals surface area (Å²) < 4.78 is 5.80. The number of rotatable bonds is 4. The van der Waals surface area contributed by atoms with E-state index in [0.29, 0.717) is 6.01 Å². The molecule has 0 saturated carbocycles. The fourth-order valence-corrected chi connectivity index (χ4v) is 2.52. The monoisotopic (exact) mass is 269 g/mol. The molecule has 0 spiro atoms. The van der Waals surface area contributed by atoms with E-state index in [-0.39, 0.29) is 6.10 Å². The van der Waals surface area contributed by atoms with Crippen LogP contribution < -0.4 is 4.74 Å². The van der Waals surface area contributed by atoms with Crippen molar-refractivity contribution in [2.75, 3.05) is 13.1 Å². The van der Waals surface area contributed by atoms with Crippen LogP contribution in [0.5, 0.6) is 6.01 Å². The second kappa shape index (κ2) is 6.48. The fourth-order valence-electron chi connectivity index (χ4n) is 2.52. The molecule has 1 fully saturated rings. The number of likely N-dealkylation sites (tertiary alicyclic amines) is 1. The standard InChI is InChI=1S/C16H19N3O/c1-2-5-14(6-3-1)13-19-11-7-15(8-12-19)20-16-17-9-4-10-18-16/h1-6,9-10,15H,7-8,11-13H2. The number of piperidine rings is 1. The van der Waals surface area contributed by atoms with Gasteiger partial charge in [0.2, 0.25) is 0 Å². The molecule has 0 N–H and O–H groups in total. The molecule has 104 valence electrons. The normalized spacial score (nSPS) is 17.0. The van der Waals surface area contributed by atoms with E-state index in [1.54, 1.807) is 18.5 Å². The number of benzene rings is 1. The lowest BCUT2D eigenvalue weighted by Crippen LogP contribution is -2.38. The van der Waals surface area contributed by atoms with Crippen molar-refractivity contribution in [1.82, 2.24) is 14.9 Å². The lowest BCUT2D eigenvalue weighted by Gasteiger charge is -2.31. The number of hydrogen-bond acceptors (Lipinski definition) is 4. The maximum absolute atomic E-state index is 5.80. The Labute approximate surface area is 119 Å². The summed E-state index contributed by atoms with van der Waals surface area (Å²) in [7, 11) is 0. The van der Waals surface area contributed by atoms with E-state index in [4.69, 9.17) is 4.74 Å². The van der Waals surface area contributed by atoms with Crippen LogP contribution in [0.25, 0.3) is 0 Å². The third kappa shape index (κ3) is 3.54. The average Bonchev–Trinajstić information content (AvgIpc) is 2.51. The van der Waals surface area contributed by atoms with Crippen LogP contribution in [0.4, 0.5) is 0 Å². The predicted octanol–water partition coefficient (Wildman–Crippen LogP) is 2.52. The van der Waals surface area contributed by atoms with E-state index < -0.39 is 0 Å². The zero-order chi connectivity index (χ0) is 13.6. The topological polar surface area (TPSA) is 38.2 Å². The molecule has 1 aromatic carbocycles. The smallest absolute Gasteiger partial charge is 0.316 e. The van der Waals surface area contributed by atoms with E-state index in [9.17, 15) is 0 Å². The molecule has 4 nitrogen and oxygen atoms in total. The van der Waals surface area contributed by atoms with Crippen molar-refractivity contribution >= 4 is 0 Å². The Kier molecular flexibility index (Phi) is 4.23. The van der Waals surface area contributed by atoms with Crippen LogP contribution >= 0.6 is 0 Å². The van der Waals surface area contributed by atoms with Crippen LogP contribution in [0.15, 0.2) is 48.8 Å². The van der Waals surface area contributed by atoms with Gasteiger partial charge >= 0.3 is 6.01 Å². The van der Waals surface area contributed by atoms with Crippen molar-refractivity contribution in [1.29, 1.82) is 0 Å². The number of aromatic nitrogens is 2. The summed E-state index contributed by atoms with van der Waals surface area (Å²) in [6, 6.07) is 12.9. The van der Waals surface area contributed by atoms with E-state index in [1.165, 1.54) is 5.56 Å². The third-order valence-electron chi connectivity index (χ3n) is 3.60. The molecular weight excluding hydrogens is 250 g/mol. The molecule has 4 heteroatoms. The number of nitrogens with zero attached hydrogens (tertiary/aromatic N) is 3. The molecule has 2 aromatic rings. The Hall–Kier alpha value is -1.94. The first-order valence-electron chi connectivity index (χ1n) is 7.10. The third-order valence-corrected chi connectivity index (χ3v) is 3.60.